The molecule has 2 heteroatoms. The third-order valence-electron chi connectivity index (χ3n) is 5.21. The van der Waals surface area contributed by atoms with Gasteiger partial charge < -0.3 is 4.74 Å². The predicted octanol–water partition coefficient (Wildman–Crippen LogP) is 5.11. The van der Waals surface area contributed by atoms with E-state index in [-0.39, 0.29) is 5.38 Å². The van der Waals surface area contributed by atoms with Gasteiger partial charge in [-0.2, -0.15) is 0 Å². The number of fused-ring (bicyclic) bond motifs is 2. The first-order chi connectivity index (χ1) is 9.17. The molecule has 0 heterocycles. The Bertz CT molecular complexity index is 457. The van der Waals surface area contributed by atoms with E-state index in [1.165, 1.54) is 36.8 Å². The number of alkyl halides is 1. The molecule has 4 atom stereocenters. The minimum Gasteiger partial charge on any atom is -0.497 e. The van der Waals surface area contributed by atoms with Gasteiger partial charge in [0.2, 0.25) is 0 Å². The lowest BCUT2D eigenvalue weighted by molar-refractivity contribution is 0.311. The van der Waals surface area contributed by atoms with E-state index in [9.17, 15) is 0 Å². The highest BCUT2D eigenvalue weighted by atomic mass is 35.5. The van der Waals surface area contributed by atoms with E-state index >= 15 is 0 Å². The number of rotatable bonds is 4. The quantitative estimate of drug-likeness (QED) is 0.696. The molecule has 104 valence electrons. The van der Waals surface area contributed by atoms with Crippen molar-refractivity contribution in [3.8, 4) is 5.75 Å². The average molecular weight is 279 g/mol. The second-order valence-corrected chi connectivity index (χ2v) is 6.89. The fraction of sp³-hybridized carbons (Fsp3) is 0.647. The molecule has 2 saturated carbocycles. The van der Waals surface area contributed by atoms with Crippen molar-refractivity contribution in [3.63, 3.8) is 0 Å². The second-order valence-electron chi connectivity index (χ2n) is 6.36. The zero-order chi connectivity index (χ0) is 13.4. The Labute approximate surface area is 121 Å². The van der Waals surface area contributed by atoms with Crippen LogP contribution in [-0.2, 0) is 0 Å². The molecule has 3 rings (SSSR count). The van der Waals surface area contributed by atoms with E-state index in [4.69, 9.17) is 16.3 Å². The van der Waals surface area contributed by atoms with Crippen LogP contribution in [0, 0.1) is 24.7 Å². The SMILES string of the molecule is COc1ccc(C(Cl)CC2CC3CCC2C3)c(C)c1. The van der Waals surface area contributed by atoms with Crippen LogP contribution in [-0.4, -0.2) is 7.11 Å². The smallest absolute Gasteiger partial charge is 0.119 e. The molecule has 0 aromatic heterocycles. The Morgan fingerprint density at radius 1 is 1.32 bits per heavy atom. The first-order valence-electron chi connectivity index (χ1n) is 7.46. The van der Waals surface area contributed by atoms with Crippen LogP contribution in [0.4, 0.5) is 0 Å². The maximum atomic E-state index is 6.68. The summed E-state index contributed by atoms with van der Waals surface area (Å²) in [5.74, 6) is 3.76. The molecule has 0 spiro atoms. The van der Waals surface area contributed by atoms with Crippen LogP contribution in [0.3, 0.4) is 0 Å². The van der Waals surface area contributed by atoms with Gasteiger partial charge in [-0.3, -0.25) is 0 Å². The van der Waals surface area contributed by atoms with Gasteiger partial charge in [-0.15, -0.1) is 11.6 Å². The van der Waals surface area contributed by atoms with Crippen molar-refractivity contribution < 1.29 is 4.74 Å². The third kappa shape index (κ3) is 2.63. The monoisotopic (exact) mass is 278 g/mol. The fourth-order valence-electron chi connectivity index (χ4n) is 4.18. The largest absolute Gasteiger partial charge is 0.497 e. The van der Waals surface area contributed by atoms with Crippen molar-refractivity contribution in [1.82, 2.24) is 0 Å². The van der Waals surface area contributed by atoms with Gasteiger partial charge in [0.05, 0.1) is 12.5 Å². The van der Waals surface area contributed by atoms with E-state index in [0.717, 1.165) is 29.9 Å². The van der Waals surface area contributed by atoms with Crippen LogP contribution in [0.25, 0.3) is 0 Å². The topological polar surface area (TPSA) is 9.23 Å². The molecule has 1 aromatic carbocycles. The van der Waals surface area contributed by atoms with Gasteiger partial charge in [-0.1, -0.05) is 12.5 Å². The van der Waals surface area contributed by atoms with E-state index in [1.807, 2.05) is 6.07 Å². The lowest BCUT2D eigenvalue weighted by Gasteiger charge is -2.24. The second kappa shape index (κ2) is 5.36. The van der Waals surface area contributed by atoms with Gasteiger partial charge in [0, 0.05) is 0 Å². The van der Waals surface area contributed by atoms with Crippen LogP contribution in [0.15, 0.2) is 18.2 Å². The molecule has 2 fully saturated rings. The highest BCUT2D eigenvalue weighted by Crippen LogP contribution is 2.51. The van der Waals surface area contributed by atoms with E-state index in [0.29, 0.717) is 0 Å². The van der Waals surface area contributed by atoms with Gasteiger partial charge in [-0.25, -0.2) is 0 Å². The number of aryl methyl sites for hydroxylation is 1. The maximum Gasteiger partial charge on any atom is 0.119 e. The molecule has 0 N–H and O–H groups in total. The highest BCUT2D eigenvalue weighted by Gasteiger charge is 2.40. The molecular formula is C17H23ClO. The van der Waals surface area contributed by atoms with Crippen LogP contribution in [0.2, 0.25) is 0 Å². The summed E-state index contributed by atoms with van der Waals surface area (Å²) < 4.78 is 5.26. The van der Waals surface area contributed by atoms with Gasteiger partial charge in [0.1, 0.15) is 5.75 Å². The number of hydrogen-bond acceptors (Lipinski definition) is 1. The predicted molar refractivity (Wildman–Crippen MR) is 79.9 cm³/mol. The summed E-state index contributed by atoms with van der Waals surface area (Å²) in [6.07, 6.45) is 6.95. The average Bonchev–Trinajstić information content (AvgIpc) is 3.00. The fourth-order valence-corrected chi connectivity index (χ4v) is 4.66. The minimum absolute atomic E-state index is 0.162. The Morgan fingerprint density at radius 3 is 2.74 bits per heavy atom. The zero-order valence-corrected chi connectivity index (χ0v) is 12.6. The van der Waals surface area contributed by atoms with Crippen molar-refractivity contribution in [2.75, 3.05) is 7.11 Å². The molecule has 0 saturated heterocycles. The Hall–Kier alpha value is -0.690. The molecule has 1 aromatic rings. The molecule has 19 heavy (non-hydrogen) atoms. The van der Waals surface area contributed by atoms with Crippen molar-refractivity contribution in [2.45, 2.75) is 44.4 Å². The Kier molecular flexibility index (Phi) is 3.75. The number of ether oxygens (including phenoxy) is 1. The molecule has 0 aliphatic heterocycles. The van der Waals surface area contributed by atoms with Crippen LogP contribution in [0.1, 0.15) is 48.6 Å². The molecule has 2 bridgehead atoms. The summed E-state index contributed by atoms with van der Waals surface area (Å²) in [5.41, 5.74) is 2.53. The van der Waals surface area contributed by atoms with E-state index in [1.54, 1.807) is 7.11 Å². The van der Waals surface area contributed by atoms with Crippen LogP contribution < -0.4 is 4.74 Å². The Morgan fingerprint density at radius 2 is 2.16 bits per heavy atom. The molecule has 4 unspecified atom stereocenters. The van der Waals surface area contributed by atoms with Crippen molar-refractivity contribution in [1.29, 1.82) is 0 Å². The van der Waals surface area contributed by atoms with Gasteiger partial charge in [-0.05, 0) is 73.6 Å². The first-order valence-corrected chi connectivity index (χ1v) is 7.89. The lowest BCUT2D eigenvalue weighted by Crippen LogP contribution is -2.12. The number of methoxy groups -OCH3 is 1. The molecular weight excluding hydrogens is 256 g/mol. The summed E-state index contributed by atoms with van der Waals surface area (Å²) in [6.45, 7) is 2.13. The number of hydrogen-bond donors (Lipinski definition) is 0. The number of benzene rings is 1. The molecule has 2 aliphatic carbocycles. The van der Waals surface area contributed by atoms with Gasteiger partial charge >= 0.3 is 0 Å². The normalized spacial score (nSPS) is 30.6. The summed E-state index contributed by atoms with van der Waals surface area (Å²) in [4.78, 5) is 0. The number of halogens is 1. The minimum atomic E-state index is 0.162. The summed E-state index contributed by atoms with van der Waals surface area (Å²) in [7, 11) is 1.71. The van der Waals surface area contributed by atoms with E-state index < -0.39 is 0 Å². The van der Waals surface area contributed by atoms with Crippen LogP contribution in [0.5, 0.6) is 5.75 Å². The maximum absolute atomic E-state index is 6.68. The van der Waals surface area contributed by atoms with Crippen molar-refractivity contribution in [3.05, 3.63) is 29.3 Å². The third-order valence-corrected chi connectivity index (χ3v) is 5.62. The summed E-state index contributed by atoms with van der Waals surface area (Å²) in [5, 5.41) is 0.162. The molecule has 0 amide bonds. The lowest BCUT2D eigenvalue weighted by atomic mass is 9.84. The zero-order valence-electron chi connectivity index (χ0n) is 11.9. The molecule has 2 aliphatic rings. The van der Waals surface area contributed by atoms with Gasteiger partial charge in [0.25, 0.3) is 0 Å². The molecule has 0 radical (unpaired) electrons. The van der Waals surface area contributed by atoms with Gasteiger partial charge in [0.15, 0.2) is 0 Å². The molecule has 1 nitrogen and oxygen atoms in total. The standard InChI is InChI=1S/C17H23ClO/c1-11-7-15(19-2)5-6-16(11)17(18)10-14-9-12-3-4-13(14)8-12/h5-7,12-14,17H,3-4,8-10H2,1-2H3. The summed E-state index contributed by atoms with van der Waals surface area (Å²) in [6, 6.07) is 6.25. The van der Waals surface area contributed by atoms with Crippen LogP contribution >= 0.6 is 11.6 Å². The first kappa shape index (κ1) is 13.3. The summed E-state index contributed by atoms with van der Waals surface area (Å²) >= 11 is 6.68. The van der Waals surface area contributed by atoms with E-state index in [2.05, 4.69) is 19.1 Å². The Balaban J connectivity index is 1.68. The van der Waals surface area contributed by atoms with Crippen molar-refractivity contribution in [2.24, 2.45) is 17.8 Å². The highest BCUT2D eigenvalue weighted by molar-refractivity contribution is 6.20. The van der Waals surface area contributed by atoms with Crippen molar-refractivity contribution >= 4 is 11.6 Å².